The molecule has 1 amide bonds. The molecule has 1 saturated heterocycles. The van der Waals surface area contributed by atoms with Crippen molar-refractivity contribution >= 4 is 11.6 Å². The molecule has 0 radical (unpaired) electrons. The maximum absolute atomic E-state index is 13.2. The lowest BCUT2D eigenvalue weighted by Gasteiger charge is -2.21. The van der Waals surface area contributed by atoms with Crippen molar-refractivity contribution in [1.82, 2.24) is 5.32 Å². The molecule has 104 valence electrons. The zero-order valence-corrected chi connectivity index (χ0v) is 11.4. The Labute approximate surface area is 113 Å². The number of anilines is 1. The van der Waals surface area contributed by atoms with Gasteiger partial charge in [-0.15, -0.1) is 0 Å². The van der Waals surface area contributed by atoms with Crippen LogP contribution in [-0.4, -0.2) is 25.5 Å². The topological polar surface area (TPSA) is 32.3 Å². The van der Waals surface area contributed by atoms with Crippen LogP contribution in [0.4, 0.5) is 10.1 Å². The van der Waals surface area contributed by atoms with Gasteiger partial charge in [0, 0.05) is 18.7 Å². The Morgan fingerprint density at radius 1 is 1.53 bits per heavy atom. The molecule has 4 heteroatoms. The van der Waals surface area contributed by atoms with Gasteiger partial charge in [0.1, 0.15) is 5.82 Å². The van der Waals surface area contributed by atoms with Gasteiger partial charge in [-0.1, -0.05) is 6.07 Å². The minimum Gasteiger partial charge on any atom is -0.316 e. The van der Waals surface area contributed by atoms with Gasteiger partial charge in [-0.2, -0.15) is 0 Å². The van der Waals surface area contributed by atoms with E-state index in [1.54, 1.807) is 17.0 Å². The number of hydrogen-bond donors (Lipinski definition) is 1. The molecule has 0 aliphatic carbocycles. The van der Waals surface area contributed by atoms with E-state index in [2.05, 4.69) is 5.32 Å². The minimum absolute atomic E-state index is 0.0833. The molecule has 1 aromatic rings. The summed E-state index contributed by atoms with van der Waals surface area (Å²) in [6, 6.07) is 6.23. The van der Waals surface area contributed by atoms with E-state index in [0.717, 1.165) is 25.9 Å². The lowest BCUT2D eigenvalue weighted by Crippen LogP contribution is -2.31. The summed E-state index contributed by atoms with van der Waals surface area (Å²) in [5.41, 5.74) is 0.650. The van der Waals surface area contributed by atoms with E-state index in [1.165, 1.54) is 12.1 Å². The van der Waals surface area contributed by atoms with Gasteiger partial charge in [-0.05, 0) is 57.0 Å². The van der Waals surface area contributed by atoms with Gasteiger partial charge in [0.25, 0.3) is 0 Å². The van der Waals surface area contributed by atoms with E-state index in [0.29, 0.717) is 24.6 Å². The number of nitrogens with one attached hydrogen (secondary N) is 1. The van der Waals surface area contributed by atoms with E-state index in [9.17, 15) is 9.18 Å². The molecular weight excluding hydrogens is 243 g/mol. The van der Waals surface area contributed by atoms with E-state index in [-0.39, 0.29) is 11.7 Å². The molecule has 2 rings (SSSR count). The van der Waals surface area contributed by atoms with Crippen LogP contribution in [0.3, 0.4) is 0 Å². The fraction of sp³-hybridized carbons (Fsp3) is 0.533. The van der Waals surface area contributed by atoms with Gasteiger partial charge in [-0.3, -0.25) is 4.79 Å². The summed E-state index contributed by atoms with van der Waals surface area (Å²) in [6.07, 6.45) is 2.60. The van der Waals surface area contributed by atoms with Crippen LogP contribution in [0.15, 0.2) is 24.3 Å². The first-order valence-electron chi connectivity index (χ1n) is 6.97. The van der Waals surface area contributed by atoms with Crippen molar-refractivity contribution in [2.75, 3.05) is 24.5 Å². The Bertz CT molecular complexity index is 430. The summed E-state index contributed by atoms with van der Waals surface area (Å²) >= 11 is 0. The number of carbonyl (C=O) groups is 1. The average molecular weight is 264 g/mol. The molecule has 1 fully saturated rings. The Kier molecular flexibility index (Phi) is 4.91. The molecule has 1 aliphatic heterocycles. The van der Waals surface area contributed by atoms with E-state index < -0.39 is 0 Å². The van der Waals surface area contributed by atoms with Crippen LogP contribution in [-0.2, 0) is 4.79 Å². The molecule has 1 heterocycles. The van der Waals surface area contributed by atoms with Crippen molar-refractivity contribution in [3.05, 3.63) is 30.1 Å². The van der Waals surface area contributed by atoms with Crippen molar-refractivity contribution < 1.29 is 9.18 Å². The van der Waals surface area contributed by atoms with Gasteiger partial charge in [0.05, 0.1) is 0 Å². The molecule has 1 unspecified atom stereocenters. The van der Waals surface area contributed by atoms with Crippen LogP contribution >= 0.6 is 0 Å². The fourth-order valence-electron chi connectivity index (χ4n) is 2.57. The highest BCUT2D eigenvalue weighted by Crippen LogP contribution is 2.19. The van der Waals surface area contributed by atoms with Crippen molar-refractivity contribution in [1.29, 1.82) is 0 Å². The van der Waals surface area contributed by atoms with Gasteiger partial charge in [0.15, 0.2) is 0 Å². The number of rotatable bonds is 5. The van der Waals surface area contributed by atoms with Crippen LogP contribution in [0.25, 0.3) is 0 Å². The Balaban J connectivity index is 1.94. The molecule has 0 bridgehead atoms. The SMILES string of the molecule is CCN(C(=O)CCC1CCNC1)c1cccc(F)c1. The van der Waals surface area contributed by atoms with Crippen LogP contribution in [0.5, 0.6) is 0 Å². The normalized spacial score (nSPS) is 18.5. The molecule has 0 spiro atoms. The minimum atomic E-state index is -0.302. The average Bonchev–Trinajstić information content (AvgIpc) is 2.90. The predicted octanol–water partition coefficient (Wildman–Crippen LogP) is 2.57. The first kappa shape index (κ1) is 14.0. The summed E-state index contributed by atoms with van der Waals surface area (Å²) in [5.74, 6) is 0.388. The first-order valence-corrected chi connectivity index (χ1v) is 6.97. The molecule has 1 aliphatic rings. The number of amides is 1. The maximum Gasteiger partial charge on any atom is 0.226 e. The van der Waals surface area contributed by atoms with Gasteiger partial charge in [0.2, 0.25) is 5.91 Å². The highest BCUT2D eigenvalue weighted by atomic mass is 19.1. The third kappa shape index (κ3) is 3.77. The summed E-state index contributed by atoms with van der Waals surface area (Å²) in [7, 11) is 0. The Morgan fingerprint density at radius 2 is 2.37 bits per heavy atom. The molecule has 1 atom stereocenters. The quantitative estimate of drug-likeness (QED) is 0.886. The van der Waals surface area contributed by atoms with E-state index >= 15 is 0 Å². The van der Waals surface area contributed by atoms with Crippen LogP contribution < -0.4 is 10.2 Å². The molecule has 19 heavy (non-hydrogen) atoms. The molecule has 0 saturated carbocycles. The Morgan fingerprint density at radius 3 is 3.00 bits per heavy atom. The number of nitrogens with zero attached hydrogens (tertiary/aromatic N) is 1. The van der Waals surface area contributed by atoms with E-state index in [1.807, 2.05) is 6.92 Å². The molecular formula is C15H21FN2O. The van der Waals surface area contributed by atoms with E-state index in [4.69, 9.17) is 0 Å². The second kappa shape index (κ2) is 6.66. The number of carbonyl (C=O) groups excluding carboxylic acids is 1. The van der Waals surface area contributed by atoms with Crippen LogP contribution in [0.1, 0.15) is 26.2 Å². The highest BCUT2D eigenvalue weighted by Gasteiger charge is 2.19. The monoisotopic (exact) mass is 264 g/mol. The van der Waals surface area contributed by atoms with Gasteiger partial charge < -0.3 is 10.2 Å². The molecule has 1 aromatic carbocycles. The molecule has 1 N–H and O–H groups in total. The van der Waals surface area contributed by atoms with Crippen molar-refractivity contribution in [3.8, 4) is 0 Å². The highest BCUT2D eigenvalue weighted by molar-refractivity contribution is 5.93. The number of halogens is 1. The summed E-state index contributed by atoms with van der Waals surface area (Å²) < 4.78 is 13.2. The third-order valence-corrected chi connectivity index (χ3v) is 3.67. The second-order valence-corrected chi connectivity index (χ2v) is 5.02. The first-order chi connectivity index (χ1) is 9.20. The number of hydrogen-bond acceptors (Lipinski definition) is 2. The second-order valence-electron chi connectivity index (χ2n) is 5.02. The fourth-order valence-corrected chi connectivity index (χ4v) is 2.57. The van der Waals surface area contributed by atoms with Crippen LogP contribution in [0.2, 0.25) is 0 Å². The molecule has 3 nitrogen and oxygen atoms in total. The smallest absolute Gasteiger partial charge is 0.226 e. The van der Waals surface area contributed by atoms with Crippen molar-refractivity contribution in [2.24, 2.45) is 5.92 Å². The third-order valence-electron chi connectivity index (χ3n) is 3.67. The predicted molar refractivity (Wildman–Crippen MR) is 74.6 cm³/mol. The zero-order valence-electron chi connectivity index (χ0n) is 11.4. The molecule has 0 aromatic heterocycles. The van der Waals surface area contributed by atoms with Gasteiger partial charge >= 0.3 is 0 Å². The Hall–Kier alpha value is -1.42. The lowest BCUT2D eigenvalue weighted by molar-refractivity contribution is -0.118. The van der Waals surface area contributed by atoms with Crippen molar-refractivity contribution in [2.45, 2.75) is 26.2 Å². The summed E-state index contributed by atoms with van der Waals surface area (Å²) in [4.78, 5) is 13.9. The zero-order chi connectivity index (χ0) is 13.7. The summed E-state index contributed by atoms with van der Waals surface area (Å²) in [6.45, 7) is 4.56. The van der Waals surface area contributed by atoms with Crippen molar-refractivity contribution in [3.63, 3.8) is 0 Å². The maximum atomic E-state index is 13.2. The van der Waals surface area contributed by atoms with Crippen LogP contribution in [0, 0.1) is 11.7 Å². The lowest BCUT2D eigenvalue weighted by atomic mass is 10.0. The number of benzene rings is 1. The largest absolute Gasteiger partial charge is 0.316 e. The summed E-state index contributed by atoms with van der Waals surface area (Å²) in [5, 5.41) is 3.30. The standard InChI is InChI=1S/C15H21FN2O/c1-2-18(14-5-3-4-13(16)10-14)15(19)7-6-12-8-9-17-11-12/h3-5,10,12,17H,2,6-9,11H2,1H3. The van der Waals surface area contributed by atoms with Gasteiger partial charge in [-0.25, -0.2) is 4.39 Å².